The van der Waals surface area contributed by atoms with Crippen molar-refractivity contribution in [3.63, 3.8) is 0 Å². The lowest BCUT2D eigenvalue weighted by Gasteiger charge is -2.45. The maximum absolute atomic E-state index is 16.0. The van der Waals surface area contributed by atoms with Crippen molar-refractivity contribution in [3.05, 3.63) is 23.3 Å². The van der Waals surface area contributed by atoms with E-state index in [1.54, 1.807) is 0 Å². The third-order valence-corrected chi connectivity index (χ3v) is 12.6. The first-order chi connectivity index (χ1) is 43.4. The predicted molar refractivity (Wildman–Crippen MR) is 179 cm³/mol. The second-order valence-corrected chi connectivity index (χ2v) is 19.3. The number of rotatable bonds is 29. The minimum absolute atomic E-state index is 6.13. The molecule has 0 unspecified atom stereocenters. The lowest BCUT2D eigenvalue weighted by molar-refractivity contribution is -0.461. The van der Waals surface area contributed by atoms with Gasteiger partial charge < -0.3 is 0 Å². The third-order valence-electron chi connectivity index (χ3n) is 12.6. The smallest absolute Gasteiger partial charge is 0.195 e. The quantitative estimate of drug-likeness (QED) is 0.0517. The summed E-state index contributed by atoms with van der Waals surface area (Å²) in [7, 11) is 0. The molecule has 0 bridgehead atoms. The maximum Gasteiger partial charge on any atom is 0.460 e. The molecule has 0 radical (unpaired) electrons. The zero-order valence-corrected chi connectivity index (χ0v) is 43.9. The Hall–Kier alpha value is -5.28. The van der Waals surface area contributed by atoms with Crippen LogP contribution in [0, 0.1) is 0 Å². The van der Waals surface area contributed by atoms with Gasteiger partial charge in [-0.3, -0.25) is 0 Å². The van der Waals surface area contributed by atoms with E-state index < -0.39 is 214 Å². The van der Waals surface area contributed by atoms with Gasteiger partial charge in [0.25, 0.3) is 0 Å². The molecule has 0 N–H and O–H groups in total. The fourth-order valence-electron chi connectivity index (χ4n) is 6.24. The molecular weight excluding hydrogens is 1720 g/mol. The van der Waals surface area contributed by atoms with E-state index >= 15 is 52.7 Å². The van der Waals surface area contributed by atoms with Crippen molar-refractivity contribution in [2.45, 2.75) is 191 Å². The molecule has 0 saturated heterocycles. The zero-order valence-electron chi connectivity index (χ0n) is 43.9. The Labute approximate surface area is 513 Å². The van der Waals surface area contributed by atoms with Crippen molar-refractivity contribution in [2.24, 2.45) is 0 Å². The van der Waals surface area contributed by atoms with Crippen molar-refractivity contribution < 1.29 is 299 Å². The number of hydrogen-bond donors (Lipinski definition) is 0. The van der Waals surface area contributed by atoms with Crippen molar-refractivity contribution in [1.82, 2.24) is 0 Å². The van der Waals surface area contributed by atoms with Gasteiger partial charge in [0, 0.05) is 23.3 Å². The Balaban J connectivity index is 11.6. The first-order valence-electron chi connectivity index (χ1n) is 21.8. The van der Waals surface area contributed by atoms with Crippen LogP contribution in [-0.4, -0.2) is 191 Å². The molecule has 0 aliphatic heterocycles. The fourth-order valence-corrected chi connectivity index (χ4v) is 6.24. The van der Waals surface area contributed by atoms with E-state index in [1.807, 2.05) is 0 Å². The van der Waals surface area contributed by atoms with Crippen LogP contribution in [0.25, 0.3) is 0 Å². The highest BCUT2D eigenvalue weighted by molar-refractivity contribution is 5.49. The molecule has 0 spiro atoms. The molecule has 0 nitrogen and oxygen atoms in total. The Bertz CT molecular complexity index is 2930. The summed E-state index contributed by atoms with van der Waals surface area (Å²) in [5.41, 5.74) is -17.4. The summed E-state index contributed by atoms with van der Waals surface area (Å²) >= 11 is 0. The van der Waals surface area contributed by atoms with Gasteiger partial charge in [-0.1, -0.05) is 0 Å². The van der Waals surface area contributed by atoms with Crippen molar-refractivity contribution in [3.8, 4) is 0 Å². The minimum Gasteiger partial charge on any atom is -0.195 e. The molecule has 622 valence electrons. The number of hydrogen-bond acceptors (Lipinski definition) is 0. The molecule has 0 aliphatic carbocycles. The largest absolute Gasteiger partial charge is 0.460 e. The second-order valence-electron chi connectivity index (χ2n) is 19.3. The summed E-state index contributed by atoms with van der Waals surface area (Å²) in [6, 6.07) is 0. The normalized spacial score (nSPS) is 17.7. The van der Waals surface area contributed by atoms with Gasteiger partial charge in [0.05, 0.1) is 0 Å². The molecule has 0 fully saturated rings. The van der Waals surface area contributed by atoms with Crippen molar-refractivity contribution in [1.29, 1.82) is 0 Å². The Kier molecular flexibility index (Phi) is 22.9. The summed E-state index contributed by atoms with van der Waals surface area (Å²) in [6.07, 6.45) is -48.8. The van der Waals surface area contributed by atoms with Crippen LogP contribution in [0.1, 0.15) is 0 Å². The van der Waals surface area contributed by atoms with Crippen LogP contribution in [0.5, 0.6) is 0 Å². The third kappa shape index (κ3) is 11.9. The summed E-state index contributed by atoms with van der Waals surface area (Å²) in [6.45, 7) is 0. The molecular formula is C36H2F68. The molecule has 104 heavy (non-hydrogen) atoms. The van der Waals surface area contributed by atoms with Crippen LogP contribution in [0.15, 0.2) is 23.3 Å². The van der Waals surface area contributed by atoms with Crippen molar-refractivity contribution in [2.75, 3.05) is 0 Å². The second kappa shape index (κ2) is 24.1. The fraction of sp³-hybridized carbons (Fsp3) is 0.889. The van der Waals surface area contributed by atoms with Crippen LogP contribution in [0.4, 0.5) is 299 Å². The molecule has 0 aliphatic rings. The van der Waals surface area contributed by atoms with E-state index in [0.29, 0.717) is 0 Å². The van der Waals surface area contributed by atoms with Gasteiger partial charge in [-0.25, -0.2) is 0 Å². The standard InChI is InChI=1S/C36H2F68/c37-5(38,9(45,46)13(53,54)17(61,62)21(69,70)25(77,78)29(85,86)33(93,94)95)1-3(7(41,42)11(49,50)15(57,58)19(65,66)23(73,74)27(81,82)31(89,90)35(99,100)101)4(8(43,44)12(51,52)16(59,60)20(67,68)24(75,76)28(83,84)32(91,92)36(102,103)104)2-6(39,40)10(47,48)14(55,56)18(63,64)22(71,72)26(79,80)30(87,88)34(96,97)98/h1-2H. The molecule has 0 aromatic rings. The van der Waals surface area contributed by atoms with Gasteiger partial charge in [0.2, 0.25) is 0 Å². The number of allylic oxidation sites excluding steroid dienone is 4. The van der Waals surface area contributed by atoms with Crippen LogP contribution in [-0.2, 0) is 0 Å². The first-order valence-corrected chi connectivity index (χ1v) is 21.8. The minimum atomic E-state index is -11.8. The van der Waals surface area contributed by atoms with E-state index in [9.17, 15) is 246 Å². The molecule has 0 amide bonds. The number of halogens is 68. The van der Waals surface area contributed by atoms with Gasteiger partial charge in [0.15, 0.2) is 0 Å². The van der Waals surface area contributed by atoms with E-state index in [1.165, 1.54) is 0 Å². The molecule has 0 heterocycles. The first kappa shape index (κ1) is 98.7. The molecule has 0 aromatic heterocycles. The van der Waals surface area contributed by atoms with E-state index in [-0.39, 0.29) is 0 Å². The van der Waals surface area contributed by atoms with E-state index in [0.717, 1.165) is 0 Å². The molecule has 0 rings (SSSR count). The van der Waals surface area contributed by atoms with Gasteiger partial charge in [-0.05, 0) is 0 Å². The van der Waals surface area contributed by atoms with Crippen LogP contribution in [0.3, 0.4) is 0 Å². The summed E-state index contributed by atoms with van der Waals surface area (Å²) in [5.74, 6) is -304. The van der Waals surface area contributed by atoms with Crippen molar-refractivity contribution >= 4 is 0 Å². The van der Waals surface area contributed by atoms with E-state index in [2.05, 4.69) is 0 Å². The zero-order chi connectivity index (χ0) is 86.6. The van der Waals surface area contributed by atoms with Gasteiger partial charge >= 0.3 is 191 Å². The van der Waals surface area contributed by atoms with Crippen LogP contribution >= 0.6 is 0 Å². The Morgan fingerprint density at radius 1 is 0.106 bits per heavy atom. The molecule has 0 saturated carbocycles. The van der Waals surface area contributed by atoms with Gasteiger partial charge in [0.1, 0.15) is 0 Å². The highest BCUT2D eigenvalue weighted by Crippen LogP contribution is 2.72. The SMILES string of the molecule is FC(F)(F)C(F)(F)C(F)(F)C(F)(F)C(F)(F)C(F)(F)C(F)(F)C(F)(F)C=C(C(=CC(F)(F)C(F)(F)C(F)(F)C(F)(F)C(F)(F)C(F)(F)C(F)(F)C(F)(F)F)C(F)(F)C(F)(F)C(F)(F)C(F)(F)C(F)(F)C(F)(F)C(F)(F)C(F)(F)F)C(F)(F)C(F)(F)C(F)(F)C(F)(F)C(F)(F)C(F)(F)C(F)(F)C(F)(F)F. The highest BCUT2D eigenvalue weighted by Gasteiger charge is 3.01. The van der Waals surface area contributed by atoms with Gasteiger partial charge in [-0.2, -0.15) is 299 Å². The average molecular weight is 1730 g/mol. The number of alkyl halides is 68. The predicted octanol–water partition coefficient (Wildman–Crippen LogP) is 22.9. The van der Waals surface area contributed by atoms with Crippen LogP contribution < -0.4 is 0 Å². The van der Waals surface area contributed by atoms with E-state index in [4.69, 9.17) is 0 Å². The molecule has 0 aromatic carbocycles. The molecule has 0 atom stereocenters. The summed E-state index contributed by atoms with van der Waals surface area (Å²) < 4.78 is 962. The lowest BCUT2D eigenvalue weighted by Crippen LogP contribution is -2.75. The Morgan fingerprint density at radius 3 is 0.298 bits per heavy atom. The Morgan fingerprint density at radius 2 is 0.192 bits per heavy atom. The molecule has 68 heteroatoms. The lowest BCUT2D eigenvalue weighted by atomic mass is 9.78. The monoisotopic (exact) mass is 1730 g/mol. The summed E-state index contributed by atoms with van der Waals surface area (Å²) in [5, 5.41) is 0. The topological polar surface area (TPSA) is 0 Å². The average Bonchev–Trinajstić information content (AvgIpc) is 0.682. The van der Waals surface area contributed by atoms with Crippen LogP contribution in [0.2, 0.25) is 0 Å². The summed E-state index contributed by atoms with van der Waals surface area (Å²) in [4.78, 5) is 0. The highest BCUT2D eigenvalue weighted by atomic mass is 19.5. The van der Waals surface area contributed by atoms with Gasteiger partial charge in [-0.15, -0.1) is 0 Å². The maximum atomic E-state index is 16.0.